The van der Waals surface area contributed by atoms with E-state index in [9.17, 15) is 4.79 Å². The summed E-state index contributed by atoms with van der Waals surface area (Å²) in [6, 6.07) is 8.58. The molecular formula is C16H26N2O. The fourth-order valence-electron chi connectivity index (χ4n) is 2.02. The second kappa shape index (κ2) is 7.95. The minimum absolute atomic E-state index is 0.0337. The molecule has 19 heavy (non-hydrogen) atoms. The largest absolute Gasteiger partial charge is 0.356 e. The minimum Gasteiger partial charge on any atom is -0.356 e. The quantitative estimate of drug-likeness (QED) is 0.792. The molecular weight excluding hydrogens is 236 g/mol. The number of carbonyl (C=O) groups is 1. The average Bonchev–Trinajstić information content (AvgIpc) is 2.29. The van der Waals surface area contributed by atoms with Crippen molar-refractivity contribution in [3.8, 4) is 0 Å². The summed E-state index contributed by atoms with van der Waals surface area (Å²) in [5.41, 5.74) is 8.20. The van der Waals surface area contributed by atoms with E-state index in [0.29, 0.717) is 18.9 Å². The topological polar surface area (TPSA) is 55.1 Å². The first-order valence-corrected chi connectivity index (χ1v) is 7.07. The molecule has 1 unspecified atom stereocenters. The first-order chi connectivity index (χ1) is 8.97. The Morgan fingerprint density at radius 1 is 1.16 bits per heavy atom. The molecule has 3 N–H and O–H groups in total. The molecule has 0 spiro atoms. The molecule has 0 radical (unpaired) electrons. The zero-order valence-corrected chi connectivity index (χ0v) is 12.3. The highest BCUT2D eigenvalue weighted by molar-refractivity contribution is 5.76. The van der Waals surface area contributed by atoms with E-state index in [1.807, 2.05) is 6.92 Å². The number of carbonyl (C=O) groups excluding carboxylic acids is 1. The Balaban J connectivity index is 2.32. The van der Waals surface area contributed by atoms with E-state index in [2.05, 4.69) is 43.4 Å². The molecule has 0 saturated carbocycles. The zero-order valence-electron chi connectivity index (χ0n) is 12.3. The van der Waals surface area contributed by atoms with Gasteiger partial charge in [-0.05, 0) is 36.8 Å². The van der Waals surface area contributed by atoms with E-state index in [1.54, 1.807) is 0 Å². The molecule has 0 heterocycles. The molecule has 0 saturated heterocycles. The number of nitrogens with two attached hydrogens (primary N) is 1. The van der Waals surface area contributed by atoms with E-state index < -0.39 is 0 Å². The Morgan fingerprint density at radius 2 is 1.74 bits per heavy atom. The Bertz CT molecular complexity index is 382. The molecule has 1 amide bonds. The van der Waals surface area contributed by atoms with Gasteiger partial charge in [-0.3, -0.25) is 4.79 Å². The lowest BCUT2D eigenvalue weighted by atomic mass is 10.0. The molecule has 0 bridgehead atoms. The SMILES string of the molecule is CC(C)Cc1ccc(CCNC(=O)CC(C)N)cc1. The lowest BCUT2D eigenvalue weighted by Crippen LogP contribution is -2.31. The first-order valence-electron chi connectivity index (χ1n) is 7.07. The predicted molar refractivity (Wildman–Crippen MR) is 80.0 cm³/mol. The van der Waals surface area contributed by atoms with Gasteiger partial charge in [0.1, 0.15) is 0 Å². The molecule has 3 nitrogen and oxygen atoms in total. The van der Waals surface area contributed by atoms with Gasteiger partial charge >= 0.3 is 0 Å². The van der Waals surface area contributed by atoms with Crippen molar-refractivity contribution in [1.29, 1.82) is 0 Å². The summed E-state index contributed by atoms with van der Waals surface area (Å²) in [6.07, 6.45) is 2.38. The normalized spacial score (nSPS) is 12.5. The first kappa shape index (κ1) is 15.7. The summed E-state index contributed by atoms with van der Waals surface area (Å²) in [5.74, 6) is 0.717. The summed E-state index contributed by atoms with van der Waals surface area (Å²) in [6.45, 7) is 6.96. The van der Waals surface area contributed by atoms with E-state index in [1.165, 1.54) is 11.1 Å². The fraction of sp³-hybridized carbons (Fsp3) is 0.562. The summed E-state index contributed by atoms with van der Waals surface area (Å²) in [7, 11) is 0. The van der Waals surface area contributed by atoms with Crippen molar-refractivity contribution in [2.75, 3.05) is 6.54 Å². The fourth-order valence-corrected chi connectivity index (χ4v) is 2.02. The monoisotopic (exact) mass is 262 g/mol. The Morgan fingerprint density at radius 3 is 2.26 bits per heavy atom. The zero-order chi connectivity index (χ0) is 14.3. The second-order valence-electron chi connectivity index (χ2n) is 5.70. The van der Waals surface area contributed by atoms with E-state index >= 15 is 0 Å². The van der Waals surface area contributed by atoms with Crippen LogP contribution in [-0.4, -0.2) is 18.5 Å². The predicted octanol–water partition coefficient (Wildman–Crippen LogP) is 2.28. The molecule has 0 aliphatic heterocycles. The van der Waals surface area contributed by atoms with Gasteiger partial charge in [0.15, 0.2) is 0 Å². The van der Waals surface area contributed by atoms with Crippen LogP contribution in [0.3, 0.4) is 0 Å². The molecule has 1 aromatic carbocycles. The molecule has 0 aromatic heterocycles. The van der Waals surface area contributed by atoms with Gasteiger partial charge in [-0.25, -0.2) is 0 Å². The maximum Gasteiger partial charge on any atom is 0.221 e. The van der Waals surface area contributed by atoms with Crippen LogP contribution in [-0.2, 0) is 17.6 Å². The van der Waals surface area contributed by atoms with Crippen molar-refractivity contribution in [3.63, 3.8) is 0 Å². The number of nitrogens with one attached hydrogen (secondary N) is 1. The number of hydrogen-bond donors (Lipinski definition) is 2. The van der Waals surface area contributed by atoms with Gasteiger partial charge in [0.25, 0.3) is 0 Å². The van der Waals surface area contributed by atoms with Crippen LogP contribution >= 0.6 is 0 Å². The maximum atomic E-state index is 11.4. The van der Waals surface area contributed by atoms with Gasteiger partial charge in [-0.1, -0.05) is 38.1 Å². The molecule has 1 rings (SSSR count). The van der Waals surface area contributed by atoms with E-state index in [-0.39, 0.29) is 11.9 Å². The number of rotatable bonds is 7. The molecule has 0 aliphatic carbocycles. The third-order valence-electron chi connectivity index (χ3n) is 2.91. The molecule has 0 fully saturated rings. The van der Waals surface area contributed by atoms with E-state index in [4.69, 9.17) is 5.73 Å². The highest BCUT2D eigenvalue weighted by atomic mass is 16.1. The summed E-state index contributed by atoms with van der Waals surface area (Å²) >= 11 is 0. The van der Waals surface area contributed by atoms with E-state index in [0.717, 1.165) is 12.8 Å². The summed E-state index contributed by atoms with van der Waals surface area (Å²) < 4.78 is 0. The van der Waals surface area contributed by atoms with Crippen molar-refractivity contribution >= 4 is 5.91 Å². The Kier molecular flexibility index (Phi) is 6.57. The third kappa shape index (κ3) is 6.97. The molecule has 1 atom stereocenters. The summed E-state index contributed by atoms with van der Waals surface area (Å²) in [5, 5.41) is 2.89. The number of hydrogen-bond acceptors (Lipinski definition) is 2. The third-order valence-corrected chi connectivity index (χ3v) is 2.91. The maximum absolute atomic E-state index is 11.4. The van der Waals surface area contributed by atoms with Crippen LogP contribution in [0.25, 0.3) is 0 Å². The van der Waals surface area contributed by atoms with Crippen molar-refractivity contribution in [3.05, 3.63) is 35.4 Å². The van der Waals surface area contributed by atoms with Crippen LogP contribution in [0.15, 0.2) is 24.3 Å². The van der Waals surface area contributed by atoms with Gasteiger partial charge in [0, 0.05) is 19.0 Å². The smallest absolute Gasteiger partial charge is 0.221 e. The lowest BCUT2D eigenvalue weighted by Gasteiger charge is -2.08. The van der Waals surface area contributed by atoms with Gasteiger partial charge in [-0.2, -0.15) is 0 Å². The van der Waals surface area contributed by atoms with Crippen molar-refractivity contribution < 1.29 is 4.79 Å². The molecule has 1 aromatic rings. The van der Waals surface area contributed by atoms with Crippen LogP contribution in [0, 0.1) is 5.92 Å². The van der Waals surface area contributed by atoms with Crippen LogP contribution in [0.2, 0.25) is 0 Å². The van der Waals surface area contributed by atoms with Crippen LogP contribution in [0.1, 0.15) is 38.3 Å². The standard InChI is InChI=1S/C16H26N2O/c1-12(2)10-15-6-4-14(5-7-15)8-9-18-16(19)11-13(3)17/h4-7,12-13H,8-11,17H2,1-3H3,(H,18,19). The number of benzene rings is 1. The highest BCUT2D eigenvalue weighted by Gasteiger charge is 2.04. The summed E-state index contributed by atoms with van der Waals surface area (Å²) in [4.78, 5) is 11.4. The van der Waals surface area contributed by atoms with Gasteiger partial charge in [0.05, 0.1) is 0 Å². The van der Waals surface area contributed by atoms with Crippen LogP contribution < -0.4 is 11.1 Å². The Hall–Kier alpha value is -1.35. The number of amides is 1. The van der Waals surface area contributed by atoms with Gasteiger partial charge < -0.3 is 11.1 Å². The van der Waals surface area contributed by atoms with Crippen molar-refractivity contribution in [2.45, 2.75) is 46.1 Å². The van der Waals surface area contributed by atoms with Crippen molar-refractivity contribution in [2.24, 2.45) is 11.7 Å². The van der Waals surface area contributed by atoms with Gasteiger partial charge in [-0.15, -0.1) is 0 Å². The van der Waals surface area contributed by atoms with Crippen LogP contribution in [0.4, 0.5) is 0 Å². The second-order valence-corrected chi connectivity index (χ2v) is 5.70. The lowest BCUT2D eigenvalue weighted by molar-refractivity contribution is -0.121. The van der Waals surface area contributed by atoms with Crippen molar-refractivity contribution in [1.82, 2.24) is 5.32 Å². The average molecular weight is 262 g/mol. The van der Waals surface area contributed by atoms with Crippen LogP contribution in [0.5, 0.6) is 0 Å². The molecule has 0 aliphatic rings. The molecule has 3 heteroatoms. The minimum atomic E-state index is -0.0738. The van der Waals surface area contributed by atoms with Gasteiger partial charge in [0.2, 0.25) is 5.91 Å². The highest BCUT2D eigenvalue weighted by Crippen LogP contribution is 2.10. The Labute approximate surface area is 116 Å². The molecule has 106 valence electrons.